The third-order valence-corrected chi connectivity index (χ3v) is 10.1. The summed E-state index contributed by atoms with van der Waals surface area (Å²) in [6.07, 6.45) is 5.32. The molecule has 1 atom stereocenters. The zero-order valence-electron chi connectivity index (χ0n) is 29.5. The quantitative estimate of drug-likeness (QED) is 0.155. The van der Waals surface area contributed by atoms with Crippen molar-refractivity contribution in [1.29, 1.82) is 0 Å². The fourth-order valence-electron chi connectivity index (χ4n) is 6.54. The van der Waals surface area contributed by atoms with Crippen molar-refractivity contribution >= 4 is 52.5 Å². The standard InChI is InChI=1S/C39H46ClFN6O5/c1-24-21-28(38(51)43-23-26-7-11-30(41)12-8-26)10-14-33(24)46-36(49)25(2)47-19-16-27(17-20-47)37(50)42-18-15-35(48)45-34-22-29(9-13-32(34)40)39(52)44-31-5-3-4-6-31/h7-14,21-22,25,27,31H,3-6,15-20,23H2,1-2H3,(H,42,50)(H,43,51)(H,44,52)(H,45,48)(H,46,49). The number of nitrogens with one attached hydrogen (secondary N) is 5. The van der Waals surface area contributed by atoms with Gasteiger partial charge in [0.25, 0.3) is 11.8 Å². The second kappa shape index (κ2) is 18.1. The molecular formula is C39H46ClFN6O5. The molecule has 1 unspecified atom stereocenters. The Hall–Kier alpha value is -4.81. The van der Waals surface area contributed by atoms with Crippen LogP contribution in [0.4, 0.5) is 15.8 Å². The molecule has 13 heteroatoms. The monoisotopic (exact) mass is 732 g/mol. The van der Waals surface area contributed by atoms with Gasteiger partial charge >= 0.3 is 0 Å². The molecule has 2 fully saturated rings. The van der Waals surface area contributed by atoms with Gasteiger partial charge in [0.15, 0.2) is 0 Å². The third kappa shape index (κ3) is 10.6. The fraction of sp³-hybridized carbons (Fsp3) is 0.410. The van der Waals surface area contributed by atoms with Crippen LogP contribution in [0.5, 0.6) is 0 Å². The van der Waals surface area contributed by atoms with Crippen molar-refractivity contribution in [3.05, 3.63) is 93.8 Å². The zero-order valence-corrected chi connectivity index (χ0v) is 30.3. The molecule has 1 aliphatic carbocycles. The van der Waals surface area contributed by atoms with Crippen LogP contribution in [-0.2, 0) is 20.9 Å². The molecule has 3 aromatic carbocycles. The second-order valence-electron chi connectivity index (χ2n) is 13.6. The SMILES string of the molecule is Cc1cc(C(=O)NCc2ccc(F)cc2)ccc1NC(=O)C(C)N1CCC(C(=O)NCCC(=O)Nc2cc(C(=O)NC3CCCC3)ccc2Cl)CC1. The summed E-state index contributed by atoms with van der Waals surface area (Å²) in [6.45, 7) is 5.17. The number of likely N-dealkylation sites (tertiary alicyclic amines) is 1. The van der Waals surface area contributed by atoms with Gasteiger partial charge in [-0.3, -0.25) is 28.9 Å². The number of hydrogen-bond acceptors (Lipinski definition) is 6. The van der Waals surface area contributed by atoms with Gasteiger partial charge in [-0.05, 0) is 112 Å². The lowest BCUT2D eigenvalue weighted by Gasteiger charge is -2.34. The van der Waals surface area contributed by atoms with Crippen molar-refractivity contribution in [3.8, 4) is 0 Å². The maximum atomic E-state index is 13.2. The van der Waals surface area contributed by atoms with E-state index in [9.17, 15) is 28.4 Å². The van der Waals surface area contributed by atoms with Gasteiger partial charge in [-0.2, -0.15) is 0 Å². The molecule has 52 heavy (non-hydrogen) atoms. The summed E-state index contributed by atoms with van der Waals surface area (Å²) in [6, 6.07) is 15.5. The van der Waals surface area contributed by atoms with E-state index in [1.54, 1.807) is 48.5 Å². The molecule has 276 valence electrons. The van der Waals surface area contributed by atoms with Gasteiger partial charge < -0.3 is 26.6 Å². The van der Waals surface area contributed by atoms with Crippen LogP contribution in [-0.4, -0.2) is 66.2 Å². The molecule has 0 bridgehead atoms. The zero-order chi connectivity index (χ0) is 37.2. The lowest BCUT2D eigenvalue weighted by molar-refractivity contribution is -0.127. The van der Waals surface area contributed by atoms with Crippen LogP contribution < -0.4 is 26.6 Å². The predicted octanol–water partition coefficient (Wildman–Crippen LogP) is 5.57. The number of aryl methyl sites for hydroxylation is 1. The first-order chi connectivity index (χ1) is 25.0. The van der Waals surface area contributed by atoms with Gasteiger partial charge in [0.05, 0.1) is 16.8 Å². The number of nitrogens with zero attached hydrogens (tertiary/aromatic N) is 1. The number of hydrogen-bond donors (Lipinski definition) is 5. The van der Waals surface area contributed by atoms with Crippen LogP contribution >= 0.6 is 11.6 Å². The normalized spacial score (nSPS) is 15.8. The predicted molar refractivity (Wildman–Crippen MR) is 199 cm³/mol. The van der Waals surface area contributed by atoms with Crippen molar-refractivity contribution in [3.63, 3.8) is 0 Å². The van der Waals surface area contributed by atoms with Crippen LogP contribution in [0.25, 0.3) is 0 Å². The molecule has 11 nitrogen and oxygen atoms in total. The Morgan fingerprint density at radius 1 is 0.827 bits per heavy atom. The summed E-state index contributed by atoms with van der Waals surface area (Å²) < 4.78 is 13.1. The van der Waals surface area contributed by atoms with Crippen molar-refractivity contribution in [2.45, 2.75) is 77.4 Å². The number of rotatable bonds is 13. The fourth-order valence-corrected chi connectivity index (χ4v) is 6.71. The molecular weight excluding hydrogens is 687 g/mol. The van der Waals surface area contributed by atoms with Crippen LogP contribution in [0.2, 0.25) is 5.02 Å². The van der Waals surface area contributed by atoms with Crippen molar-refractivity contribution in [2.24, 2.45) is 5.92 Å². The van der Waals surface area contributed by atoms with Crippen LogP contribution in [0.1, 0.15) is 83.7 Å². The lowest BCUT2D eigenvalue weighted by Crippen LogP contribution is -2.48. The molecule has 0 spiro atoms. The van der Waals surface area contributed by atoms with E-state index in [1.807, 2.05) is 18.7 Å². The Balaban J connectivity index is 1.01. The highest BCUT2D eigenvalue weighted by molar-refractivity contribution is 6.33. The van der Waals surface area contributed by atoms with E-state index in [2.05, 4.69) is 26.6 Å². The highest BCUT2D eigenvalue weighted by atomic mass is 35.5. The summed E-state index contributed by atoms with van der Waals surface area (Å²) in [5, 5.41) is 14.7. The van der Waals surface area contributed by atoms with Gasteiger partial charge in [-0.1, -0.05) is 36.6 Å². The average molecular weight is 733 g/mol. The Kier molecular flexibility index (Phi) is 13.4. The lowest BCUT2D eigenvalue weighted by atomic mass is 9.95. The first-order valence-electron chi connectivity index (χ1n) is 17.8. The molecule has 5 amide bonds. The summed E-state index contributed by atoms with van der Waals surface area (Å²) >= 11 is 6.28. The van der Waals surface area contributed by atoms with Gasteiger partial charge in [0.2, 0.25) is 17.7 Å². The number of halogens is 2. The van der Waals surface area contributed by atoms with Gasteiger partial charge in [0, 0.05) is 48.3 Å². The highest BCUT2D eigenvalue weighted by Crippen LogP contribution is 2.25. The van der Waals surface area contributed by atoms with Gasteiger partial charge in [-0.25, -0.2) is 4.39 Å². The summed E-state index contributed by atoms with van der Waals surface area (Å²) in [4.78, 5) is 66.0. The second-order valence-corrected chi connectivity index (χ2v) is 14.0. The minimum absolute atomic E-state index is 0.0394. The molecule has 5 rings (SSSR count). The molecule has 0 aromatic heterocycles. The topological polar surface area (TPSA) is 149 Å². The third-order valence-electron chi connectivity index (χ3n) is 9.78. The smallest absolute Gasteiger partial charge is 0.251 e. The van der Waals surface area contributed by atoms with Crippen LogP contribution in [0.15, 0.2) is 60.7 Å². The van der Waals surface area contributed by atoms with Gasteiger partial charge in [-0.15, -0.1) is 0 Å². The Morgan fingerprint density at radius 3 is 2.19 bits per heavy atom. The van der Waals surface area contributed by atoms with Gasteiger partial charge in [0.1, 0.15) is 5.82 Å². The number of anilines is 2. The largest absolute Gasteiger partial charge is 0.355 e. The van der Waals surface area contributed by atoms with E-state index in [-0.39, 0.29) is 66.8 Å². The van der Waals surface area contributed by atoms with Crippen LogP contribution in [0, 0.1) is 18.7 Å². The molecule has 3 aromatic rings. The number of piperidine rings is 1. The Bertz CT molecular complexity index is 1770. The van der Waals surface area contributed by atoms with E-state index >= 15 is 0 Å². The van der Waals surface area contributed by atoms with Crippen molar-refractivity contribution < 1.29 is 28.4 Å². The minimum atomic E-state index is -0.440. The summed E-state index contributed by atoms with van der Waals surface area (Å²) in [5.41, 5.74) is 3.33. The Labute approximate surface area is 308 Å². The van der Waals surface area contributed by atoms with Crippen molar-refractivity contribution in [2.75, 3.05) is 30.3 Å². The van der Waals surface area contributed by atoms with E-state index in [0.29, 0.717) is 53.5 Å². The summed E-state index contributed by atoms with van der Waals surface area (Å²) in [5.74, 6) is -1.70. The highest BCUT2D eigenvalue weighted by Gasteiger charge is 2.30. The number of amides is 5. The summed E-state index contributed by atoms with van der Waals surface area (Å²) in [7, 11) is 0. The molecule has 1 aliphatic heterocycles. The first kappa shape index (κ1) is 38.4. The average Bonchev–Trinajstić information content (AvgIpc) is 3.65. The maximum Gasteiger partial charge on any atom is 0.251 e. The molecule has 0 radical (unpaired) electrons. The number of benzene rings is 3. The van der Waals surface area contributed by atoms with Crippen LogP contribution in [0.3, 0.4) is 0 Å². The molecule has 5 N–H and O–H groups in total. The van der Waals surface area contributed by atoms with E-state index < -0.39 is 6.04 Å². The molecule has 2 aliphatic rings. The number of carbonyl (C=O) groups is 5. The molecule has 1 heterocycles. The minimum Gasteiger partial charge on any atom is -0.355 e. The van der Waals surface area contributed by atoms with E-state index in [1.165, 1.54) is 12.1 Å². The Morgan fingerprint density at radius 2 is 1.50 bits per heavy atom. The maximum absolute atomic E-state index is 13.2. The van der Waals surface area contributed by atoms with E-state index in [0.717, 1.165) is 36.8 Å². The van der Waals surface area contributed by atoms with Crippen molar-refractivity contribution in [1.82, 2.24) is 20.9 Å². The number of carbonyl (C=O) groups excluding carboxylic acids is 5. The van der Waals surface area contributed by atoms with E-state index in [4.69, 9.17) is 11.6 Å². The molecule has 1 saturated heterocycles. The first-order valence-corrected chi connectivity index (χ1v) is 18.2. The molecule has 1 saturated carbocycles.